The number of rotatable bonds is 6. The molecular formula is C20H16N2O5. The number of carbonyl (C=O) groups is 1. The molecule has 0 saturated heterocycles. The van der Waals surface area contributed by atoms with E-state index in [2.05, 4.69) is 11.6 Å². The van der Waals surface area contributed by atoms with Gasteiger partial charge in [-0.05, 0) is 36.8 Å². The first kappa shape index (κ1) is 18.1. The Labute approximate surface area is 155 Å². The zero-order valence-electron chi connectivity index (χ0n) is 14.5. The second kappa shape index (κ2) is 7.65. The van der Waals surface area contributed by atoms with Crippen LogP contribution in [0.3, 0.4) is 0 Å². The lowest BCUT2D eigenvalue weighted by atomic mass is 10.1. The number of nitro benzene ring substituents is 1. The van der Waals surface area contributed by atoms with E-state index in [9.17, 15) is 14.9 Å². The van der Waals surface area contributed by atoms with Gasteiger partial charge in [0.15, 0.2) is 5.70 Å². The molecule has 7 nitrogen and oxygen atoms in total. The van der Waals surface area contributed by atoms with Crippen LogP contribution < -0.4 is 4.74 Å². The molecule has 2 aromatic carbocycles. The highest BCUT2D eigenvalue weighted by Crippen LogP contribution is 2.24. The van der Waals surface area contributed by atoms with E-state index in [1.54, 1.807) is 55.5 Å². The number of hydrogen-bond donors (Lipinski definition) is 0. The van der Waals surface area contributed by atoms with E-state index in [1.807, 2.05) is 0 Å². The number of cyclic esters (lactones) is 1. The lowest BCUT2D eigenvalue weighted by Crippen LogP contribution is -2.06. The van der Waals surface area contributed by atoms with Crippen LogP contribution >= 0.6 is 0 Å². The van der Waals surface area contributed by atoms with Gasteiger partial charge >= 0.3 is 5.97 Å². The lowest BCUT2D eigenvalue weighted by Gasteiger charge is -2.03. The molecular weight excluding hydrogens is 348 g/mol. The maximum Gasteiger partial charge on any atom is 0.363 e. The minimum atomic E-state index is -0.620. The molecule has 0 aromatic heterocycles. The molecule has 1 aliphatic heterocycles. The summed E-state index contributed by atoms with van der Waals surface area (Å²) in [6.45, 7) is 5.60. The highest BCUT2D eigenvalue weighted by Gasteiger charge is 2.25. The van der Waals surface area contributed by atoms with Gasteiger partial charge in [-0.15, -0.1) is 0 Å². The molecule has 3 rings (SSSR count). The minimum Gasteiger partial charge on any atom is -0.490 e. The molecule has 0 amide bonds. The Hall–Kier alpha value is -3.74. The third kappa shape index (κ3) is 4.09. The van der Waals surface area contributed by atoms with E-state index in [4.69, 9.17) is 9.47 Å². The SMILES string of the molecule is C=CCOc1cccc(/C=C2\N=C(c3ccc(C)c([N+](=O)[O-])c3)OC2=O)c1. The Morgan fingerprint density at radius 1 is 1.30 bits per heavy atom. The van der Waals surface area contributed by atoms with Crippen molar-refractivity contribution in [1.82, 2.24) is 0 Å². The Morgan fingerprint density at radius 2 is 2.11 bits per heavy atom. The van der Waals surface area contributed by atoms with Gasteiger partial charge in [-0.2, -0.15) is 0 Å². The van der Waals surface area contributed by atoms with Crippen LogP contribution in [0.25, 0.3) is 6.08 Å². The molecule has 136 valence electrons. The van der Waals surface area contributed by atoms with E-state index in [0.717, 1.165) is 0 Å². The van der Waals surface area contributed by atoms with Crippen LogP contribution in [0.1, 0.15) is 16.7 Å². The molecule has 1 heterocycles. The third-order valence-electron chi connectivity index (χ3n) is 3.80. The van der Waals surface area contributed by atoms with Crippen molar-refractivity contribution in [1.29, 1.82) is 0 Å². The summed E-state index contributed by atoms with van der Waals surface area (Å²) >= 11 is 0. The fraction of sp³-hybridized carbons (Fsp3) is 0.100. The van der Waals surface area contributed by atoms with E-state index in [1.165, 1.54) is 6.07 Å². The molecule has 2 aromatic rings. The van der Waals surface area contributed by atoms with Crippen molar-refractivity contribution >= 4 is 23.6 Å². The molecule has 0 bridgehead atoms. The summed E-state index contributed by atoms with van der Waals surface area (Å²) in [6.07, 6.45) is 3.20. The summed E-state index contributed by atoms with van der Waals surface area (Å²) in [7, 11) is 0. The molecule has 0 N–H and O–H groups in total. The van der Waals surface area contributed by atoms with Crippen LogP contribution in [0, 0.1) is 17.0 Å². The molecule has 0 fully saturated rings. The number of aliphatic imine (C=N–C) groups is 1. The topological polar surface area (TPSA) is 91.0 Å². The van der Waals surface area contributed by atoms with Gasteiger partial charge in [-0.1, -0.05) is 30.9 Å². The minimum absolute atomic E-state index is 0.0356. The van der Waals surface area contributed by atoms with Gasteiger partial charge in [0.2, 0.25) is 5.90 Å². The fourth-order valence-electron chi connectivity index (χ4n) is 2.48. The molecule has 0 aliphatic carbocycles. The monoisotopic (exact) mass is 364 g/mol. The van der Waals surface area contributed by atoms with Crippen LogP contribution in [0.15, 0.2) is 65.8 Å². The van der Waals surface area contributed by atoms with Gasteiger partial charge in [0.1, 0.15) is 12.4 Å². The first-order valence-corrected chi connectivity index (χ1v) is 8.09. The number of nitrogens with zero attached hydrogens (tertiary/aromatic N) is 2. The molecule has 0 unspecified atom stereocenters. The summed E-state index contributed by atoms with van der Waals surface area (Å²) in [6, 6.07) is 11.7. The molecule has 0 atom stereocenters. The second-order valence-electron chi connectivity index (χ2n) is 5.77. The number of benzene rings is 2. The molecule has 7 heteroatoms. The average Bonchev–Trinajstić information content (AvgIpc) is 3.01. The van der Waals surface area contributed by atoms with Crippen molar-refractivity contribution in [3.05, 3.63) is 87.6 Å². The summed E-state index contributed by atoms with van der Waals surface area (Å²) in [4.78, 5) is 26.9. The van der Waals surface area contributed by atoms with E-state index >= 15 is 0 Å². The number of hydrogen-bond acceptors (Lipinski definition) is 6. The Bertz CT molecular complexity index is 992. The third-order valence-corrected chi connectivity index (χ3v) is 3.80. The highest BCUT2D eigenvalue weighted by atomic mass is 16.6. The van der Waals surface area contributed by atoms with Crippen molar-refractivity contribution in [3.8, 4) is 5.75 Å². The average molecular weight is 364 g/mol. The van der Waals surface area contributed by atoms with Crippen LogP contribution in [0.5, 0.6) is 5.75 Å². The second-order valence-corrected chi connectivity index (χ2v) is 5.77. The molecule has 0 saturated carbocycles. The Balaban J connectivity index is 1.90. The molecule has 27 heavy (non-hydrogen) atoms. The van der Waals surface area contributed by atoms with Crippen LogP contribution in [-0.2, 0) is 9.53 Å². The highest BCUT2D eigenvalue weighted by molar-refractivity contribution is 6.13. The maximum atomic E-state index is 12.1. The van der Waals surface area contributed by atoms with Crippen LogP contribution in [-0.4, -0.2) is 23.4 Å². The first-order valence-electron chi connectivity index (χ1n) is 8.09. The predicted octanol–water partition coefficient (Wildman–Crippen LogP) is 3.81. The van der Waals surface area contributed by atoms with Gasteiger partial charge in [0.05, 0.1) is 4.92 Å². The van der Waals surface area contributed by atoms with Crippen LogP contribution in [0.2, 0.25) is 0 Å². The predicted molar refractivity (Wildman–Crippen MR) is 101 cm³/mol. The van der Waals surface area contributed by atoms with Crippen molar-refractivity contribution in [2.24, 2.45) is 4.99 Å². The summed E-state index contributed by atoms with van der Waals surface area (Å²) in [5.41, 5.74) is 1.64. The summed E-state index contributed by atoms with van der Waals surface area (Å²) in [5.74, 6) is 0.0491. The van der Waals surface area contributed by atoms with E-state index < -0.39 is 10.9 Å². The number of nitro groups is 1. The van der Waals surface area contributed by atoms with Gasteiger partial charge in [0, 0.05) is 17.2 Å². The van der Waals surface area contributed by atoms with E-state index in [-0.39, 0.29) is 17.3 Å². The molecule has 0 radical (unpaired) electrons. The smallest absolute Gasteiger partial charge is 0.363 e. The van der Waals surface area contributed by atoms with Crippen molar-refractivity contribution in [2.75, 3.05) is 6.61 Å². The Kier molecular flexibility index (Phi) is 5.12. The first-order chi connectivity index (χ1) is 13.0. The number of aryl methyl sites for hydroxylation is 1. The Morgan fingerprint density at radius 3 is 2.85 bits per heavy atom. The van der Waals surface area contributed by atoms with Crippen molar-refractivity contribution in [3.63, 3.8) is 0 Å². The summed E-state index contributed by atoms with van der Waals surface area (Å²) in [5, 5.41) is 11.1. The van der Waals surface area contributed by atoms with Gasteiger partial charge in [0.25, 0.3) is 5.69 Å². The quantitative estimate of drug-likeness (QED) is 0.255. The number of ether oxygens (including phenoxy) is 2. The zero-order valence-corrected chi connectivity index (χ0v) is 14.5. The van der Waals surface area contributed by atoms with Gasteiger partial charge < -0.3 is 9.47 Å². The van der Waals surface area contributed by atoms with Crippen LogP contribution in [0.4, 0.5) is 5.69 Å². The largest absolute Gasteiger partial charge is 0.490 e. The molecule has 1 aliphatic rings. The lowest BCUT2D eigenvalue weighted by molar-refractivity contribution is -0.385. The molecule has 0 spiro atoms. The number of esters is 1. The zero-order chi connectivity index (χ0) is 19.4. The van der Waals surface area contributed by atoms with Crippen molar-refractivity contribution in [2.45, 2.75) is 6.92 Å². The normalized spacial score (nSPS) is 14.6. The van der Waals surface area contributed by atoms with Crippen molar-refractivity contribution < 1.29 is 19.2 Å². The van der Waals surface area contributed by atoms with E-state index in [0.29, 0.717) is 29.0 Å². The number of carbonyl (C=O) groups excluding carboxylic acids is 1. The summed E-state index contributed by atoms with van der Waals surface area (Å²) < 4.78 is 10.6. The van der Waals surface area contributed by atoms with Gasteiger partial charge in [-0.25, -0.2) is 9.79 Å². The maximum absolute atomic E-state index is 12.1. The standard InChI is InChI=1S/C20H16N2O5/c1-3-9-26-16-6-4-5-14(10-16)11-17-20(23)27-19(21-17)15-8-7-13(2)18(12-15)22(24)25/h3-8,10-12H,1,9H2,2H3/b17-11-. The van der Waals surface area contributed by atoms with Gasteiger partial charge in [-0.3, -0.25) is 10.1 Å². The fourth-order valence-corrected chi connectivity index (χ4v) is 2.48.